The number of halogens is 1. The molecule has 4 nitrogen and oxygen atoms in total. The minimum atomic E-state index is -0.173. The molecule has 1 N–H and O–H groups in total. The van der Waals surface area contributed by atoms with Crippen molar-refractivity contribution in [2.75, 3.05) is 5.88 Å². The maximum Gasteiger partial charge on any atom is 0.224 e. The topological polar surface area (TPSA) is 55.1 Å². The Morgan fingerprint density at radius 2 is 2.62 bits per heavy atom. The van der Waals surface area contributed by atoms with Crippen molar-refractivity contribution in [2.45, 2.75) is 13.5 Å². The van der Waals surface area contributed by atoms with E-state index in [4.69, 9.17) is 11.6 Å². The Morgan fingerprint density at radius 3 is 3.15 bits per heavy atom. The molecule has 1 aromatic heterocycles. The van der Waals surface area contributed by atoms with Gasteiger partial charge >= 0.3 is 0 Å². The van der Waals surface area contributed by atoms with Crippen LogP contribution in [0.3, 0.4) is 0 Å². The van der Waals surface area contributed by atoms with E-state index in [1.807, 2.05) is 0 Å². The highest BCUT2D eigenvalue weighted by atomic mass is 35.5. The van der Waals surface area contributed by atoms with Crippen molar-refractivity contribution in [1.29, 1.82) is 0 Å². The van der Waals surface area contributed by atoms with E-state index in [9.17, 15) is 4.79 Å². The molecule has 5 heteroatoms. The third kappa shape index (κ3) is 3.06. The van der Waals surface area contributed by atoms with Crippen LogP contribution in [-0.2, 0) is 11.3 Å². The summed E-state index contributed by atoms with van der Waals surface area (Å²) in [6.45, 7) is 2.15. The van der Waals surface area contributed by atoms with Crippen LogP contribution in [0.25, 0.3) is 0 Å². The first-order valence-corrected chi connectivity index (χ1v) is 4.50. The molecule has 1 heterocycles. The van der Waals surface area contributed by atoms with E-state index in [1.54, 1.807) is 13.0 Å². The Labute approximate surface area is 81.2 Å². The predicted octanol–water partition coefficient (Wildman–Crippen LogP) is 1.17. The first-order chi connectivity index (χ1) is 6.24. The largest absolute Gasteiger partial charge is 0.364 e. The van der Waals surface area contributed by atoms with E-state index in [2.05, 4.69) is 15.0 Å². The van der Waals surface area contributed by atoms with Gasteiger partial charge in [-0.05, 0) is 0 Å². The van der Waals surface area contributed by atoms with Crippen LogP contribution in [0.15, 0.2) is 16.9 Å². The molecule has 0 spiro atoms. The summed E-state index contributed by atoms with van der Waals surface area (Å²) in [7, 11) is 0. The lowest BCUT2D eigenvalue weighted by Gasteiger charge is -2.06. The van der Waals surface area contributed by atoms with Gasteiger partial charge in [0.2, 0.25) is 5.91 Å². The Kier molecular flexibility index (Phi) is 3.76. The van der Waals surface area contributed by atoms with Crippen molar-refractivity contribution in [3.63, 3.8) is 0 Å². The maximum absolute atomic E-state index is 11.2. The second-order valence-electron chi connectivity index (χ2n) is 2.76. The fourth-order valence-corrected chi connectivity index (χ4v) is 0.891. The number of nitrogens with one attached hydrogen (secondary N) is 1. The zero-order chi connectivity index (χ0) is 9.68. The number of carbonyl (C=O) groups is 1. The van der Waals surface area contributed by atoms with Crippen LogP contribution in [0.1, 0.15) is 12.6 Å². The van der Waals surface area contributed by atoms with E-state index in [0.717, 1.165) is 0 Å². The number of hydrogen-bond donors (Lipinski definition) is 1. The van der Waals surface area contributed by atoms with Crippen LogP contribution in [0.2, 0.25) is 0 Å². The zero-order valence-electron chi connectivity index (χ0n) is 7.29. The summed E-state index contributed by atoms with van der Waals surface area (Å²) in [6.07, 6.45) is 1.46. The van der Waals surface area contributed by atoms with Crippen LogP contribution in [0, 0.1) is 5.92 Å². The summed E-state index contributed by atoms with van der Waals surface area (Å²) in [5, 5.41) is 6.34. The van der Waals surface area contributed by atoms with Crippen molar-refractivity contribution in [3.8, 4) is 0 Å². The molecule has 13 heavy (non-hydrogen) atoms. The number of hydrogen-bond acceptors (Lipinski definition) is 3. The molecule has 1 rings (SSSR count). The van der Waals surface area contributed by atoms with E-state index >= 15 is 0 Å². The minimum absolute atomic E-state index is 0.0713. The Balaban J connectivity index is 2.31. The lowest BCUT2D eigenvalue weighted by molar-refractivity contribution is -0.124. The van der Waals surface area contributed by atoms with Crippen molar-refractivity contribution >= 4 is 17.5 Å². The van der Waals surface area contributed by atoms with Gasteiger partial charge in [0.15, 0.2) is 0 Å². The molecule has 0 aromatic carbocycles. The minimum Gasteiger partial charge on any atom is -0.364 e. The summed E-state index contributed by atoms with van der Waals surface area (Å²) in [4.78, 5) is 11.2. The van der Waals surface area contributed by atoms with E-state index in [-0.39, 0.29) is 11.8 Å². The normalized spacial score (nSPS) is 12.5. The number of rotatable bonds is 4. The Hall–Kier alpha value is -1.03. The van der Waals surface area contributed by atoms with Crippen molar-refractivity contribution in [1.82, 2.24) is 10.5 Å². The Morgan fingerprint density at radius 1 is 1.85 bits per heavy atom. The first kappa shape index (κ1) is 10.1. The molecule has 0 aliphatic rings. The fraction of sp³-hybridized carbons (Fsp3) is 0.500. The summed E-state index contributed by atoms with van der Waals surface area (Å²) in [5.74, 6) is 0.0801. The van der Waals surface area contributed by atoms with Gasteiger partial charge < -0.3 is 9.84 Å². The highest BCUT2D eigenvalue weighted by Gasteiger charge is 2.10. The molecule has 0 bridgehead atoms. The van der Waals surface area contributed by atoms with Crippen LogP contribution < -0.4 is 5.32 Å². The number of nitrogens with zero attached hydrogens (tertiary/aromatic N) is 1. The van der Waals surface area contributed by atoms with Gasteiger partial charge in [-0.3, -0.25) is 4.79 Å². The molecule has 0 saturated heterocycles. The van der Waals surface area contributed by atoms with Crippen LogP contribution in [0.4, 0.5) is 0 Å². The fourth-order valence-electron chi connectivity index (χ4n) is 0.751. The Bertz CT molecular complexity index is 261. The summed E-state index contributed by atoms with van der Waals surface area (Å²) in [6, 6.07) is 1.70. The third-order valence-electron chi connectivity index (χ3n) is 1.61. The van der Waals surface area contributed by atoms with E-state index in [0.29, 0.717) is 18.1 Å². The van der Waals surface area contributed by atoms with Gasteiger partial charge in [0.1, 0.15) is 12.0 Å². The van der Waals surface area contributed by atoms with Crippen molar-refractivity contribution in [2.24, 2.45) is 5.92 Å². The predicted molar refractivity (Wildman–Crippen MR) is 48.2 cm³/mol. The van der Waals surface area contributed by atoms with Crippen LogP contribution >= 0.6 is 11.6 Å². The molecular weight excluding hydrogens is 192 g/mol. The summed E-state index contributed by atoms with van der Waals surface area (Å²) >= 11 is 5.51. The maximum atomic E-state index is 11.2. The molecule has 1 atom stereocenters. The quantitative estimate of drug-likeness (QED) is 0.746. The van der Waals surface area contributed by atoms with Crippen molar-refractivity contribution in [3.05, 3.63) is 18.0 Å². The van der Waals surface area contributed by atoms with Crippen LogP contribution in [-0.4, -0.2) is 16.9 Å². The molecule has 0 radical (unpaired) electrons. The molecule has 0 aliphatic carbocycles. The van der Waals surface area contributed by atoms with E-state index in [1.165, 1.54) is 6.26 Å². The van der Waals surface area contributed by atoms with Gasteiger partial charge in [0.05, 0.1) is 6.54 Å². The van der Waals surface area contributed by atoms with Gasteiger partial charge in [-0.15, -0.1) is 11.6 Å². The highest BCUT2D eigenvalue weighted by molar-refractivity contribution is 6.19. The van der Waals surface area contributed by atoms with Gasteiger partial charge in [-0.1, -0.05) is 12.1 Å². The van der Waals surface area contributed by atoms with Crippen LogP contribution in [0.5, 0.6) is 0 Å². The molecule has 1 amide bonds. The second kappa shape index (κ2) is 4.87. The van der Waals surface area contributed by atoms with E-state index < -0.39 is 0 Å². The van der Waals surface area contributed by atoms with Gasteiger partial charge in [-0.25, -0.2) is 0 Å². The lowest BCUT2D eigenvalue weighted by Crippen LogP contribution is -2.29. The molecule has 1 unspecified atom stereocenters. The molecule has 0 saturated carbocycles. The smallest absolute Gasteiger partial charge is 0.224 e. The summed E-state index contributed by atoms with van der Waals surface area (Å²) < 4.78 is 4.61. The zero-order valence-corrected chi connectivity index (χ0v) is 8.04. The average molecular weight is 203 g/mol. The van der Waals surface area contributed by atoms with Gasteiger partial charge in [0.25, 0.3) is 0 Å². The SMILES string of the molecule is CC(CCl)C(=O)NCc1ccon1. The average Bonchev–Trinajstić information content (AvgIpc) is 2.65. The molecule has 0 aliphatic heterocycles. The number of carbonyl (C=O) groups excluding carboxylic acids is 1. The first-order valence-electron chi connectivity index (χ1n) is 3.97. The number of alkyl halides is 1. The lowest BCUT2D eigenvalue weighted by atomic mass is 10.2. The standard InChI is InChI=1S/C8H11ClN2O2/c1-6(4-9)8(12)10-5-7-2-3-13-11-7/h2-3,6H,4-5H2,1H3,(H,10,12). The monoisotopic (exact) mass is 202 g/mol. The molecule has 0 fully saturated rings. The molecule has 72 valence electrons. The second-order valence-corrected chi connectivity index (χ2v) is 3.07. The van der Waals surface area contributed by atoms with Crippen molar-refractivity contribution < 1.29 is 9.32 Å². The molecule has 1 aromatic rings. The highest BCUT2D eigenvalue weighted by Crippen LogP contribution is 1.99. The van der Waals surface area contributed by atoms with Gasteiger partial charge in [-0.2, -0.15) is 0 Å². The molecular formula is C8H11ClN2O2. The third-order valence-corrected chi connectivity index (χ3v) is 2.08. The van der Waals surface area contributed by atoms with Gasteiger partial charge in [0, 0.05) is 17.9 Å². The number of amides is 1. The summed E-state index contributed by atoms with van der Waals surface area (Å²) in [5.41, 5.74) is 0.704. The number of aromatic nitrogens is 1.